The van der Waals surface area contributed by atoms with Gasteiger partial charge >= 0.3 is 17.9 Å². The number of aromatic nitrogens is 3. The van der Waals surface area contributed by atoms with Crippen molar-refractivity contribution < 1.29 is 42.6 Å². The second-order valence-electron chi connectivity index (χ2n) is 15.5. The summed E-state index contributed by atoms with van der Waals surface area (Å²) < 4.78 is 30.4. The van der Waals surface area contributed by atoms with E-state index in [2.05, 4.69) is 20.9 Å². The third-order valence-corrected chi connectivity index (χ3v) is 6.93. The van der Waals surface area contributed by atoms with Gasteiger partial charge < -0.3 is 24.8 Å². The van der Waals surface area contributed by atoms with E-state index in [9.17, 15) is 28.4 Å². The van der Waals surface area contributed by atoms with Crippen molar-refractivity contribution in [1.29, 1.82) is 0 Å². The number of rotatable bonds is 18. The summed E-state index contributed by atoms with van der Waals surface area (Å²) in [5.74, 6) is -3.23. The van der Waals surface area contributed by atoms with Crippen molar-refractivity contribution >= 4 is 29.7 Å². The molecular weight excluding hydrogens is 661 g/mol. The quantitative estimate of drug-likeness (QED) is 0.121. The number of unbranched alkanes of at least 4 members (excludes halogenated alkanes) is 1. The molecule has 0 bridgehead atoms. The predicted molar refractivity (Wildman–Crippen MR) is 188 cm³/mol. The molecule has 0 saturated carbocycles. The summed E-state index contributed by atoms with van der Waals surface area (Å²) in [5, 5.41) is 13.4. The second kappa shape index (κ2) is 19.3. The molecule has 2 amide bonds. The van der Waals surface area contributed by atoms with Crippen LogP contribution in [0.25, 0.3) is 5.69 Å². The van der Waals surface area contributed by atoms with E-state index in [0.717, 1.165) is 16.9 Å². The zero-order chi connectivity index (χ0) is 38.4. The van der Waals surface area contributed by atoms with Crippen LogP contribution in [0.5, 0.6) is 0 Å². The summed E-state index contributed by atoms with van der Waals surface area (Å²) in [5.41, 5.74) is 0.147. The summed E-state index contributed by atoms with van der Waals surface area (Å²) in [6, 6.07) is 5.24. The van der Waals surface area contributed by atoms with Crippen LogP contribution < -0.4 is 10.6 Å². The molecule has 0 radical (unpaired) electrons. The molecule has 0 aliphatic rings. The van der Waals surface area contributed by atoms with E-state index in [0.29, 0.717) is 32.1 Å². The number of nitrogens with zero attached hydrogens (tertiary/aromatic N) is 3. The fraction of sp³-hybridized carbons (Fsp3) is 0.649. The highest BCUT2D eigenvalue weighted by Crippen LogP contribution is 2.16. The molecule has 2 N–H and O–H groups in total. The minimum absolute atomic E-state index is 0.0925. The van der Waals surface area contributed by atoms with Crippen molar-refractivity contribution in [3.63, 3.8) is 0 Å². The molecule has 13 nitrogen and oxygen atoms in total. The standard InChI is InChI=1S/C37H56FN5O8/c1-35(2,3)49-32(46)21-20-28(33(47)50-36(4,5)6)39-31(45)23-29(34(48)51-37(7,8)9)40-30(44)15-11-10-13-25-16-18-27(19-17-25)43-24-26(41-42-43)14-12-22-38/h16-19,24,28-29H,10-15,20-23H2,1-9H3,(H,39,45)(H,40,44)/t28-,29-/m0/s1. The molecule has 0 saturated heterocycles. The number of carbonyl (C=O) groups excluding carboxylic acids is 5. The predicted octanol–water partition coefficient (Wildman–Crippen LogP) is 5.05. The molecule has 2 atom stereocenters. The highest BCUT2D eigenvalue weighted by Gasteiger charge is 2.32. The Hall–Kier alpha value is -4.36. The fourth-order valence-corrected chi connectivity index (χ4v) is 4.77. The van der Waals surface area contributed by atoms with Crippen molar-refractivity contribution in [2.45, 2.75) is 149 Å². The maximum atomic E-state index is 13.2. The lowest BCUT2D eigenvalue weighted by molar-refractivity contribution is -0.160. The van der Waals surface area contributed by atoms with Crippen LogP contribution >= 0.6 is 0 Å². The Balaban J connectivity index is 1.99. The SMILES string of the molecule is CC(C)(C)OC(=O)CC[C@H](NC(=O)C[C@H](NC(=O)CCCCc1ccc(-n2cc(CCCF)nn2)cc1)C(=O)OC(C)(C)C)C(=O)OC(C)(C)C. The summed E-state index contributed by atoms with van der Waals surface area (Å²) in [6.07, 6.45) is 3.99. The van der Waals surface area contributed by atoms with E-state index in [1.807, 2.05) is 24.3 Å². The third-order valence-electron chi connectivity index (χ3n) is 6.93. The van der Waals surface area contributed by atoms with Gasteiger partial charge in [0.15, 0.2) is 0 Å². The van der Waals surface area contributed by atoms with Gasteiger partial charge in [-0.2, -0.15) is 0 Å². The Labute approximate surface area is 300 Å². The highest BCUT2D eigenvalue weighted by atomic mass is 19.1. The number of halogens is 1. The van der Waals surface area contributed by atoms with Crippen molar-refractivity contribution in [3.05, 3.63) is 41.7 Å². The minimum Gasteiger partial charge on any atom is -0.460 e. The summed E-state index contributed by atoms with van der Waals surface area (Å²) in [4.78, 5) is 64.6. The molecule has 2 rings (SSSR count). The number of nitrogens with one attached hydrogen (secondary N) is 2. The van der Waals surface area contributed by atoms with Crippen LogP contribution in [0.4, 0.5) is 4.39 Å². The van der Waals surface area contributed by atoms with Gasteiger partial charge in [0.2, 0.25) is 11.8 Å². The molecule has 2 aromatic rings. The number of hydrogen-bond acceptors (Lipinski definition) is 10. The number of amides is 2. The van der Waals surface area contributed by atoms with Crippen LogP contribution in [0.3, 0.4) is 0 Å². The molecular formula is C37H56FN5O8. The van der Waals surface area contributed by atoms with Gasteiger partial charge in [-0.1, -0.05) is 17.3 Å². The fourth-order valence-electron chi connectivity index (χ4n) is 4.77. The van der Waals surface area contributed by atoms with Crippen LogP contribution in [0.2, 0.25) is 0 Å². The van der Waals surface area contributed by atoms with Crippen molar-refractivity contribution in [3.8, 4) is 5.69 Å². The molecule has 1 heterocycles. The Morgan fingerprint density at radius 3 is 1.86 bits per heavy atom. The summed E-state index contributed by atoms with van der Waals surface area (Å²) >= 11 is 0. The van der Waals surface area contributed by atoms with Gasteiger partial charge in [0.05, 0.1) is 30.7 Å². The monoisotopic (exact) mass is 717 g/mol. The topological polar surface area (TPSA) is 168 Å². The van der Waals surface area contributed by atoms with Gasteiger partial charge in [0, 0.05) is 12.8 Å². The number of ether oxygens (including phenoxy) is 3. The van der Waals surface area contributed by atoms with Crippen LogP contribution in [0, 0.1) is 0 Å². The molecule has 1 aromatic heterocycles. The summed E-state index contributed by atoms with van der Waals surface area (Å²) in [7, 11) is 0. The van der Waals surface area contributed by atoms with Gasteiger partial charge in [0.25, 0.3) is 0 Å². The maximum absolute atomic E-state index is 13.2. The minimum atomic E-state index is -1.32. The first-order valence-electron chi connectivity index (χ1n) is 17.5. The largest absolute Gasteiger partial charge is 0.460 e. The average molecular weight is 718 g/mol. The molecule has 1 aromatic carbocycles. The van der Waals surface area contributed by atoms with Crippen LogP contribution in [0.15, 0.2) is 30.5 Å². The van der Waals surface area contributed by atoms with Crippen LogP contribution in [0.1, 0.15) is 119 Å². The van der Waals surface area contributed by atoms with E-state index >= 15 is 0 Å². The Bertz CT molecular complexity index is 1450. The average Bonchev–Trinajstić information content (AvgIpc) is 3.46. The summed E-state index contributed by atoms with van der Waals surface area (Å²) in [6.45, 7) is 14.8. The zero-order valence-electron chi connectivity index (χ0n) is 31.6. The van der Waals surface area contributed by atoms with Gasteiger partial charge in [-0.25, -0.2) is 14.3 Å². The van der Waals surface area contributed by atoms with E-state index < -0.39 is 71.7 Å². The van der Waals surface area contributed by atoms with Crippen molar-refractivity contribution in [1.82, 2.24) is 25.6 Å². The maximum Gasteiger partial charge on any atom is 0.329 e. The molecule has 0 fully saturated rings. The zero-order valence-corrected chi connectivity index (χ0v) is 31.6. The van der Waals surface area contributed by atoms with Gasteiger partial charge in [0.1, 0.15) is 28.9 Å². The van der Waals surface area contributed by atoms with Crippen LogP contribution in [-0.4, -0.2) is 80.3 Å². The number of esters is 3. The molecule has 0 aliphatic carbocycles. The van der Waals surface area contributed by atoms with Crippen LogP contribution in [-0.2, 0) is 51.0 Å². The molecule has 0 unspecified atom stereocenters. The van der Waals surface area contributed by atoms with E-state index in [1.165, 1.54) is 0 Å². The molecule has 0 spiro atoms. The lowest BCUT2D eigenvalue weighted by atomic mass is 10.1. The van der Waals surface area contributed by atoms with Gasteiger partial charge in [-0.15, -0.1) is 5.10 Å². The first kappa shape index (κ1) is 42.8. The molecule has 284 valence electrons. The molecule has 0 aliphatic heterocycles. The van der Waals surface area contributed by atoms with E-state index in [4.69, 9.17) is 14.2 Å². The van der Waals surface area contributed by atoms with Crippen molar-refractivity contribution in [2.24, 2.45) is 0 Å². The molecule has 51 heavy (non-hydrogen) atoms. The van der Waals surface area contributed by atoms with Crippen molar-refractivity contribution in [2.75, 3.05) is 6.67 Å². The Morgan fingerprint density at radius 1 is 0.725 bits per heavy atom. The molecule has 14 heteroatoms. The number of carbonyl (C=O) groups is 5. The Kier molecular flexibility index (Phi) is 16.2. The van der Waals surface area contributed by atoms with E-state index in [1.54, 1.807) is 73.2 Å². The number of benzene rings is 1. The third kappa shape index (κ3) is 17.9. The lowest BCUT2D eigenvalue weighted by Gasteiger charge is -2.26. The number of hydrogen-bond donors (Lipinski definition) is 2. The lowest BCUT2D eigenvalue weighted by Crippen LogP contribution is -2.50. The van der Waals surface area contributed by atoms with E-state index in [-0.39, 0.29) is 19.3 Å². The first-order chi connectivity index (χ1) is 23.6. The highest BCUT2D eigenvalue weighted by molar-refractivity contribution is 5.91. The number of aryl methyl sites for hydroxylation is 2. The van der Waals surface area contributed by atoms with Gasteiger partial charge in [-0.3, -0.25) is 18.8 Å². The first-order valence-corrected chi connectivity index (χ1v) is 17.5. The normalized spacial score (nSPS) is 13.1. The van der Waals surface area contributed by atoms with Gasteiger partial charge in [-0.05, 0) is 119 Å². The smallest absolute Gasteiger partial charge is 0.329 e. The second-order valence-corrected chi connectivity index (χ2v) is 15.5. The number of alkyl halides is 1. The Morgan fingerprint density at radius 2 is 1.29 bits per heavy atom.